The zero-order valence-corrected chi connectivity index (χ0v) is 14.2. The van der Waals surface area contributed by atoms with Gasteiger partial charge in [0.05, 0.1) is 10.7 Å². The molecule has 1 rings (SSSR count). The van der Waals surface area contributed by atoms with Gasteiger partial charge in [-0.3, -0.25) is 14.9 Å². The summed E-state index contributed by atoms with van der Waals surface area (Å²) in [6.45, 7) is 1.45. The highest BCUT2D eigenvalue weighted by Crippen LogP contribution is 2.14. The number of amides is 1. The minimum atomic E-state index is -3.35. The van der Waals surface area contributed by atoms with E-state index in [4.69, 9.17) is 5.11 Å². The third kappa shape index (κ3) is 7.12. The van der Waals surface area contributed by atoms with Crippen molar-refractivity contribution in [1.29, 1.82) is 0 Å². The van der Waals surface area contributed by atoms with Gasteiger partial charge in [-0.2, -0.15) is 0 Å². The van der Waals surface area contributed by atoms with Crippen molar-refractivity contribution in [2.45, 2.75) is 19.4 Å². The molecule has 25 heavy (non-hydrogen) atoms. The second-order valence-corrected chi connectivity index (χ2v) is 7.58. The lowest BCUT2D eigenvalue weighted by molar-refractivity contribution is -0.384. The number of carboxylic acids is 1. The fraction of sp³-hybridized carbons (Fsp3) is 0.333. The minimum absolute atomic E-state index is 0.111. The Morgan fingerprint density at radius 1 is 1.40 bits per heavy atom. The van der Waals surface area contributed by atoms with Crippen LogP contribution >= 0.6 is 0 Å². The summed E-state index contributed by atoms with van der Waals surface area (Å²) in [6, 6.07) is 4.20. The molecule has 10 heteroatoms. The molecular formula is C15H18N2O7S. The summed E-state index contributed by atoms with van der Waals surface area (Å²) >= 11 is 0. The Morgan fingerprint density at radius 3 is 2.64 bits per heavy atom. The quantitative estimate of drug-likeness (QED) is 0.375. The molecule has 1 aromatic rings. The summed E-state index contributed by atoms with van der Waals surface area (Å²) in [5, 5.41) is 21.9. The van der Waals surface area contributed by atoms with Crippen LogP contribution in [0.2, 0.25) is 0 Å². The maximum Gasteiger partial charge on any atom is 0.326 e. The van der Waals surface area contributed by atoms with Gasteiger partial charge in [0.1, 0.15) is 15.9 Å². The monoisotopic (exact) mass is 370 g/mol. The molecule has 9 nitrogen and oxygen atoms in total. The van der Waals surface area contributed by atoms with Gasteiger partial charge in [-0.15, -0.1) is 0 Å². The van der Waals surface area contributed by atoms with Crippen LogP contribution in [0, 0.1) is 10.1 Å². The fourth-order valence-corrected chi connectivity index (χ4v) is 2.72. The molecule has 0 aliphatic heterocycles. The predicted octanol–water partition coefficient (Wildman–Crippen LogP) is 1.00. The number of aliphatic carboxylic acids is 1. The Labute approximate surface area is 144 Å². The van der Waals surface area contributed by atoms with Crippen molar-refractivity contribution in [3.63, 3.8) is 0 Å². The molecule has 0 saturated heterocycles. The first kappa shape index (κ1) is 20.3. The van der Waals surface area contributed by atoms with Crippen molar-refractivity contribution in [2.24, 2.45) is 0 Å². The Hall–Kier alpha value is -2.75. The molecule has 0 fully saturated rings. The molecule has 1 atom stereocenters. The van der Waals surface area contributed by atoms with E-state index >= 15 is 0 Å². The number of nitrogens with zero attached hydrogens (tertiary/aromatic N) is 1. The number of nitrogens with one attached hydrogen (secondary N) is 1. The Balaban J connectivity index is 2.73. The lowest BCUT2D eigenvalue weighted by Crippen LogP contribution is -2.41. The standard InChI is InChI=1S/C15H18N2O7S/c1-2-25(23,24)9-8-13(15(19)20)16-14(18)7-6-11-4-3-5-12(10-11)17(21)22/h3-7,10,13H,2,8-9H2,1H3,(H,16,18)(H,19,20)/b7-6+. The van der Waals surface area contributed by atoms with Gasteiger partial charge in [-0.05, 0) is 18.1 Å². The number of carboxylic acid groups (broad SMARTS) is 1. The van der Waals surface area contributed by atoms with Gasteiger partial charge in [0, 0.05) is 24.0 Å². The Kier molecular flexibility index (Phi) is 7.24. The number of nitro benzene ring substituents is 1. The molecule has 0 bridgehead atoms. The van der Waals surface area contributed by atoms with Gasteiger partial charge in [0.2, 0.25) is 5.91 Å². The number of rotatable bonds is 9. The number of benzene rings is 1. The van der Waals surface area contributed by atoms with Gasteiger partial charge in [-0.1, -0.05) is 19.1 Å². The van der Waals surface area contributed by atoms with Crippen LogP contribution in [0.4, 0.5) is 5.69 Å². The van der Waals surface area contributed by atoms with Crippen LogP contribution in [0.25, 0.3) is 6.08 Å². The molecule has 1 amide bonds. The van der Waals surface area contributed by atoms with Crippen LogP contribution in [-0.2, 0) is 19.4 Å². The normalized spacial score (nSPS) is 12.7. The SMILES string of the molecule is CCS(=O)(=O)CCC(NC(=O)/C=C/c1cccc([N+](=O)[O-])c1)C(=O)O. The molecular weight excluding hydrogens is 352 g/mol. The first-order valence-corrected chi connectivity index (χ1v) is 9.13. The first-order chi connectivity index (χ1) is 11.6. The number of carbonyl (C=O) groups is 2. The van der Waals surface area contributed by atoms with Crippen molar-refractivity contribution in [1.82, 2.24) is 5.32 Å². The van der Waals surface area contributed by atoms with Crippen LogP contribution < -0.4 is 5.32 Å². The van der Waals surface area contributed by atoms with Gasteiger partial charge in [0.25, 0.3) is 5.69 Å². The molecule has 0 saturated carbocycles. The van der Waals surface area contributed by atoms with E-state index in [0.29, 0.717) is 5.56 Å². The third-order valence-electron chi connectivity index (χ3n) is 3.28. The smallest absolute Gasteiger partial charge is 0.326 e. The largest absolute Gasteiger partial charge is 0.480 e. The van der Waals surface area contributed by atoms with E-state index in [1.54, 1.807) is 6.07 Å². The molecule has 0 aliphatic carbocycles. The number of carbonyl (C=O) groups excluding carboxylic acids is 1. The molecule has 2 N–H and O–H groups in total. The average Bonchev–Trinajstić information content (AvgIpc) is 2.56. The van der Waals surface area contributed by atoms with Crippen molar-refractivity contribution in [3.8, 4) is 0 Å². The predicted molar refractivity (Wildman–Crippen MR) is 90.6 cm³/mol. The highest BCUT2D eigenvalue weighted by Gasteiger charge is 2.21. The van der Waals surface area contributed by atoms with Gasteiger partial charge in [0.15, 0.2) is 0 Å². The van der Waals surface area contributed by atoms with Crippen LogP contribution in [0.3, 0.4) is 0 Å². The Bertz CT molecular complexity index is 787. The van der Waals surface area contributed by atoms with Crippen LogP contribution in [0.15, 0.2) is 30.3 Å². The van der Waals surface area contributed by atoms with E-state index in [2.05, 4.69) is 5.32 Å². The highest BCUT2D eigenvalue weighted by molar-refractivity contribution is 7.91. The lowest BCUT2D eigenvalue weighted by atomic mass is 10.2. The van der Waals surface area contributed by atoms with E-state index in [9.17, 15) is 28.1 Å². The van der Waals surface area contributed by atoms with E-state index in [0.717, 1.165) is 6.08 Å². The van der Waals surface area contributed by atoms with Gasteiger partial charge in [-0.25, -0.2) is 13.2 Å². The maximum atomic E-state index is 11.8. The Morgan fingerprint density at radius 2 is 2.08 bits per heavy atom. The summed E-state index contributed by atoms with van der Waals surface area (Å²) in [5.41, 5.74) is 0.250. The number of nitro groups is 1. The second kappa shape index (κ2) is 8.92. The minimum Gasteiger partial charge on any atom is -0.480 e. The van der Waals surface area contributed by atoms with Crippen molar-refractivity contribution in [2.75, 3.05) is 11.5 Å². The van der Waals surface area contributed by atoms with Crippen LogP contribution in [-0.4, -0.2) is 47.9 Å². The summed E-state index contributed by atoms with van der Waals surface area (Å²) < 4.78 is 22.9. The van der Waals surface area contributed by atoms with E-state index in [1.165, 1.54) is 31.2 Å². The van der Waals surface area contributed by atoms with E-state index < -0.39 is 32.7 Å². The summed E-state index contributed by atoms with van der Waals surface area (Å²) in [5.74, 6) is -2.55. The van der Waals surface area contributed by atoms with Crippen molar-refractivity contribution >= 4 is 33.5 Å². The topological polar surface area (TPSA) is 144 Å². The molecule has 0 aliphatic rings. The lowest BCUT2D eigenvalue weighted by Gasteiger charge is -2.12. The first-order valence-electron chi connectivity index (χ1n) is 7.31. The molecule has 0 radical (unpaired) electrons. The zero-order chi connectivity index (χ0) is 19.0. The number of hydrogen-bond donors (Lipinski definition) is 2. The van der Waals surface area contributed by atoms with E-state index in [-0.39, 0.29) is 23.6 Å². The summed E-state index contributed by atoms with van der Waals surface area (Å²) in [6.07, 6.45) is 2.08. The van der Waals surface area contributed by atoms with Crippen LogP contribution in [0.5, 0.6) is 0 Å². The van der Waals surface area contributed by atoms with Gasteiger partial charge < -0.3 is 10.4 Å². The van der Waals surface area contributed by atoms with Gasteiger partial charge >= 0.3 is 5.97 Å². The number of sulfone groups is 1. The zero-order valence-electron chi connectivity index (χ0n) is 13.4. The van der Waals surface area contributed by atoms with E-state index in [1.807, 2.05) is 0 Å². The van der Waals surface area contributed by atoms with Crippen LogP contribution in [0.1, 0.15) is 18.9 Å². The molecule has 136 valence electrons. The maximum absolute atomic E-state index is 11.8. The summed E-state index contributed by atoms with van der Waals surface area (Å²) in [4.78, 5) is 33.0. The molecule has 1 aromatic carbocycles. The molecule has 0 aromatic heterocycles. The third-order valence-corrected chi connectivity index (χ3v) is 5.02. The average molecular weight is 370 g/mol. The highest BCUT2D eigenvalue weighted by atomic mass is 32.2. The van der Waals surface area contributed by atoms with Crippen molar-refractivity contribution in [3.05, 3.63) is 46.0 Å². The fourth-order valence-electron chi connectivity index (χ4n) is 1.83. The molecule has 0 heterocycles. The number of hydrogen-bond acceptors (Lipinski definition) is 6. The second-order valence-electron chi connectivity index (χ2n) is 5.11. The summed E-state index contributed by atoms with van der Waals surface area (Å²) in [7, 11) is -3.35. The number of non-ortho nitro benzene ring substituents is 1. The molecule has 1 unspecified atom stereocenters. The van der Waals surface area contributed by atoms with Crippen molar-refractivity contribution < 1.29 is 28.0 Å². The molecule has 0 spiro atoms.